The molecule has 3 amide bonds. The van der Waals surface area contributed by atoms with Gasteiger partial charge >= 0.3 is 5.97 Å². The van der Waals surface area contributed by atoms with E-state index in [1.54, 1.807) is 18.5 Å². The van der Waals surface area contributed by atoms with Crippen molar-refractivity contribution >= 4 is 45.2 Å². The van der Waals surface area contributed by atoms with E-state index < -0.39 is 35.6 Å². The average molecular weight is 661 g/mol. The maximum Gasteiger partial charge on any atom is 0.330 e. The van der Waals surface area contributed by atoms with Crippen LogP contribution in [0.5, 0.6) is 5.75 Å². The lowest BCUT2D eigenvalue weighted by molar-refractivity contribution is -0.146. The summed E-state index contributed by atoms with van der Waals surface area (Å²) in [4.78, 5) is 64.9. The lowest BCUT2D eigenvalue weighted by Gasteiger charge is -2.29. The summed E-state index contributed by atoms with van der Waals surface area (Å²) in [6.45, 7) is 0.122. The first-order valence-corrected chi connectivity index (χ1v) is 17.4. The van der Waals surface area contributed by atoms with E-state index in [-0.39, 0.29) is 30.7 Å². The number of hydrogen-bond acceptors (Lipinski definition) is 8. The lowest BCUT2D eigenvalue weighted by Crippen LogP contribution is -2.56. The molecule has 0 spiro atoms. The highest BCUT2D eigenvalue weighted by Crippen LogP contribution is 2.45. The second-order valence-corrected chi connectivity index (χ2v) is 14.4. The Labute approximate surface area is 276 Å². The average Bonchev–Trinajstić information content (AvgIpc) is 3.79. The Morgan fingerprint density at radius 2 is 2.02 bits per heavy atom. The smallest absolute Gasteiger partial charge is 0.330 e. The van der Waals surface area contributed by atoms with Gasteiger partial charge in [-0.05, 0) is 56.6 Å². The fraction of sp³-hybridized carbons (Fsp3) is 0.529. The Hall–Kier alpha value is -4.26. The van der Waals surface area contributed by atoms with E-state index >= 15 is 0 Å². The number of allylic oxidation sites excluding steroid dienone is 1. The molecule has 47 heavy (non-hydrogen) atoms. The summed E-state index contributed by atoms with van der Waals surface area (Å²) >= 11 is 1.50. The number of fused-ring (bicyclic) bond motifs is 3. The topological polar surface area (TPSA) is 156 Å². The van der Waals surface area contributed by atoms with Crippen molar-refractivity contribution in [1.82, 2.24) is 30.1 Å². The number of thiophene rings is 1. The molecule has 13 heteroatoms. The van der Waals surface area contributed by atoms with E-state index in [9.17, 15) is 24.3 Å². The van der Waals surface area contributed by atoms with Crippen molar-refractivity contribution in [1.29, 1.82) is 0 Å². The Morgan fingerprint density at radius 1 is 1.17 bits per heavy atom. The number of aromatic nitrogens is 3. The summed E-state index contributed by atoms with van der Waals surface area (Å²) in [6.07, 6.45) is 15.3. The number of aryl methyl sites for hydroxylation is 1. The Kier molecular flexibility index (Phi) is 8.50. The fourth-order valence-corrected chi connectivity index (χ4v) is 8.00. The maximum atomic E-state index is 14.3. The number of rotatable bonds is 7. The molecule has 4 aliphatic rings. The molecule has 0 radical (unpaired) electrons. The minimum Gasteiger partial charge on any atom is -0.487 e. The van der Waals surface area contributed by atoms with Crippen LogP contribution in [0.4, 0.5) is 0 Å². The normalized spacial score (nSPS) is 28.8. The van der Waals surface area contributed by atoms with E-state index in [0.29, 0.717) is 30.9 Å². The van der Waals surface area contributed by atoms with Crippen LogP contribution in [-0.2, 0) is 26.2 Å². The summed E-state index contributed by atoms with van der Waals surface area (Å²) in [5.74, 6) is -0.629. The molecular formula is C34H40N6O6S. The molecule has 12 nitrogen and oxygen atoms in total. The van der Waals surface area contributed by atoms with Gasteiger partial charge in [-0.1, -0.05) is 25.0 Å². The minimum absolute atomic E-state index is 0.122. The van der Waals surface area contributed by atoms with Gasteiger partial charge in [-0.3, -0.25) is 19.4 Å². The van der Waals surface area contributed by atoms with E-state index in [2.05, 4.69) is 20.6 Å². The van der Waals surface area contributed by atoms with E-state index in [0.717, 1.165) is 59.4 Å². The molecule has 0 unspecified atom stereocenters. The molecule has 7 rings (SSSR count). The van der Waals surface area contributed by atoms with Crippen LogP contribution in [0, 0.1) is 11.8 Å². The summed E-state index contributed by atoms with van der Waals surface area (Å²) in [5, 5.41) is 15.9. The Morgan fingerprint density at radius 3 is 2.79 bits per heavy atom. The van der Waals surface area contributed by atoms with Gasteiger partial charge in [-0.2, -0.15) is 0 Å². The third-order valence-corrected chi connectivity index (χ3v) is 11.0. The molecule has 3 aromatic rings. The number of pyridine rings is 1. The predicted octanol–water partition coefficient (Wildman–Crippen LogP) is 3.81. The van der Waals surface area contributed by atoms with Crippen molar-refractivity contribution in [3.63, 3.8) is 0 Å². The van der Waals surface area contributed by atoms with Crippen LogP contribution in [0.15, 0.2) is 42.9 Å². The van der Waals surface area contributed by atoms with Gasteiger partial charge in [0.25, 0.3) is 0 Å². The summed E-state index contributed by atoms with van der Waals surface area (Å²) < 4.78 is 9.29. The zero-order valence-electron chi connectivity index (χ0n) is 26.4. The van der Waals surface area contributed by atoms with Gasteiger partial charge in [0.1, 0.15) is 35.3 Å². The third-order valence-electron chi connectivity index (χ3n) is 9.84. The molecule has 3 N–H and O–H groups in total. The van der Waals surface area contributed by atoms with Crippen molar-refractivity contribution in [2.75, 3.05) is 6.54 Å². The van der Waals surface area contributed by atoms with Crippen LogP contribution in [-0.4, -0.2) is 78.5 Å². The first-order chi connectivity index (χ1) is 22.7. The number of carbonyl (C=O) groups is 4. The van der Waals surface area contributed by atoms with Crippen LogP contribution in [0.3, 0.4) is 0 Å². The van der Waals surface area contributed by atoms with Gasteiger partial charge < -0.3 is 29.9 Å². The highest BCUT2D eigenvalue weighted by Gasteiger charge is 2.61. The van der Waals surface area contributed by atoms with E-state index in [4.69, 9.17) is 4.74 Å². The minimum atomic E-state index is -1.39. The van der Waals surface area contributed by atoms with Crippen LogP contribution in [0.25, 0.3) is 20.9 Å². The first kappa shape index (κ1) is 31.3. The summed E-state index contributed by atoms with van der Waals surface area (Å²) in [6, 6.07) is 2.01. The van der Waals surface area contributed by atoms with E-state index in [1.165, 1.54) is 16.2 Å². The molecule has 3 fully saturated rings. The van der Waals surface area contributed by atoms with Crippen molar-refractivity contribution in [2.24, 2.45) is 18.9 Å². The number of ether oxygens (including phenoxy) is 1. The number of imidazole rings is 1. The zero-order valence-corrected chi connectivity index (χ0v) is 27.2. The molecule has 0 bridgehead atoms. The molecule has 2 saturated carbocycles. The molecule has 2 aliphatic carbocycles. The SMILES string of the molecule is Cn1ccnc1-c1cc2nccc(O[C@@H]3C[C@H]4C(=O)N[C@]5(C(=O)O)C[C@H]5/C=C\CCCCC[C@H](NC(=O)CC5CC5)C(=O)N4C3)c2s1. The summed E-state index contributed by atoms with van der Waals surface area (Å²) in [7, 11) is 1.93. The molecule has 3 aromatic heterocycles. The van der Waals surface area contributed by atoms with Crippen LogP contribution in [0.2, 0.25) is 0 Å². The summed E-state index contributed by atoms with van der Waals surface area (Å²) in [5.41, 5.74) is -0.642. The number of carboxylic acid groups (broad SMARTS) is 1. The monoisotopic (exact) mass is 660 g/mol. The number of carbonyl (C=O) groups excluding carboxylic acids is 3. The number of nitrogens with one attached hydrogen (secondary N) is 2. The van der Waals surface area contributed by atoms with Gasteiger partial charge in [0.05, 0.1) is 21.6 Å². The largest absolute Gasteiger partial charge is 0.487 e. The van der Waals surface area contributed by atoms with Crippen LogP contribution >= 0.6 is 11.3 Å². The highest BCUT2D eigenvalue weighted by molar-refractivity contribution is 7.22. The van der Waals surface area contributed by atoms with Gasteiger partial charge in [0.15, 0.2) is 0 Å². The second-order valence-electron chi connectivity index (χ2n) is 13.4. The highest BCUT2D eigenvalue weighted by atomic mass is 32.1. The lowest BCUT2D eigenvalue weighted by atomic mass is 10.0. The van der Waals surface area contributed by atoms with Crippen molar-refractivity contribution in [2.45, 2.75) is 87.9 Å². The Balaban J connectivity index is 1.17. The second kappa shape index (κ2) is 12.7. The molecule has 1 saturated heterocycles. The molecular weight excluding hydrogens is 620 g/mol. The van der Waals surface area contributed by atoms with Crippen molar-refractivity contribution in [3.8, 4) is 16.5 Å². The van der Waals surface area contributed by atoms with Gasteiger partial charge in [-0.25, -0.2) is 9.78 Å². The Bertz CT molecular complexity index is 1730. The quantitative estimate of drug-likeness (QED) is 0.323. The molecule has 2 aliphatic heterocycles. The molecule has 248 valence electrons. The predicted molar refractivity (Wildman–Crippen MR) is 174 cm³/mol. The van der Waals surface area contributed by atoms with Gasteiger partial charge in [-0.15, -0.1) is 11.3 Å². The van der Waals surface area contributed by atoms with Gasteiger partial charge in [0, 0.05) is 44.4 Å². The molecule has 5 atom stereocenters. The number of hydrogen-bond donors (Lipinski definition) is 3. The zero-order chi connectivity index (χ0) is 32.7. The fourth-order valence-electron chi connectivity index (χ4n) is 6.88. The van der Waals surface area contributed by atoms with E-state index in [1.807, 2.05) is 36.0 Å². The molecule has 0 aromatic carbocycles. The number of aliphatic carboxylic acids is 1. The third kappa shape index (κ3) is 6.50. The van der Waals surface area contributed by atoms with Crippen molar-refractivity contribution in [3.05, 3.63) is 42.9 Å². The van der Waals surface area contributed by atoms with Crippen molar-refractivity contribution < 1.29 is 29.0 Å². The molecule has 5 heterocycles. The van der Waals surface area contributed by atoms with Crippen LogP contribution < -0.4 is 15.4 Å². The van der Waals surface area contributed by atoms with Gasteiger partial charge in [0.2, 0.25) is 17.7 Å². The number of carboxylic acids is 1. The van der Waals surface area contributed by atoms with Crippen LogP contribution in [0.1, 0.15) is 64.2 Å². The number of amides is 3. The maximum absolute atomic E-state index is 14.3. The standard InChI is InChI=1S/C34H40N6O6S/c1-39-14-13-36-30(39)27-17-24-29(47-27)26(11-12-35-24)46-22-16-25-31(42)38-34(33(44)45)18-21(34)7-5-3-2-4-6-8-23(32(43)40(25)19-22)37-28(41)15-20-9-10-20/h5,7,11-14,17,20-23,25H,2-4,6,8-10,15-16,18-19H2,1H3,(H,37,41)(H,38,42)(H,44,45)/b7-5-/t21-,22-,23+,25+,34-/m1/s1. The number of nitrogens with zero attached hydrogens (tertiary/aromatic N) is 4. The first-order valence-electron chi connectivity index (χ1n) is 16.6.